The van der Waals surface area contributed by atoms with Gasteiger partial charge in [0.05, 0.1) is 23.7 Å². The molecular weight excluding hydrogens is 514 g/mol. The Morgan fingerprint density at radius 3 is 2.31 bits per heavy atom. The summed E-state index contributed by atoms with van der Waals surface area (Å²) in [5.74, 6) is -1.25. The first-order chi connectivity index (χ1) is 18.6. The highest BCUT2D eigenvalue weighted by Crippen LogP contribution is 2.18. The van der Waals surface area contributed by atoms with Crippen molar-refractivity contribution in [2.24, 2.45) is 11.8 Å². The van der Waals surface area contributed by atoms with E-state index in [1.165, 1.54) is 6.07 Å². The van der Waals surface area contributed by atoms with Gasteiger partial charge in [-0.2, -0.15) is 12.6 Å². The number of unbranched alkanes of at least 4 members (excludes halogenated alkanes) is 1. The summed E-state index contributed by atoms with van der Waals surface area (Å²) < 4.78 is 0. The van der Waals surface area contributed by atoms with Crippen LogP contribution in [0.2, 0.25) is 0 Å². The lowest BCUT2D eigenvalue weighted by molar-refractivity contribution is -0.128. The van der Waals surface area contributed by atoms with Gasteiger partial charge in [-0.25, -0.2) is 4.79 Å². The molecule has 0 bridgehead atoms. The molecule has 212 valence electrons. The lowest BCUT2D eigenvalue weighted by Crippen LogP contribution is -2.44. The van der Waals surface area contributed by atoms with E-state index in [1.54, 1.807) is 31.2 Å². The molecule has 2 amide bonds. The van der Waals surface area contributed by atoms with Gasteiger partial charge in [0.15, 0.2) is 5.78 Å². The minimum atomic E-state index is -1.16. The van der Waals surface area contributed by atoms with Crippen molar-refractivity contribution in [2.75, 3.05) is 17.6 Å². The largest absolute Gasteiger partial charge is 0.478 e. The van der Waals surface area contributed by atoms with Crippen LogP contribution < -0.4 is 16.0 Å². The molecule has 0 aromatic heterocycles. The van der Waals surface area contributed by atoms with E-state index in [0.29, 0.717) is 35.9 Å². The van der Waals surface area contributed by atoms with Crippen LogP contribution in [0.1, 0.15) is 78.3 Å². The molecule has 0 heterocycles. The quantitative estimate of drug-likeness (QED) is 0.188. The van der Waals surface area contributed by atoms with Gasteiger partial charge in [0.1, 0.15) is 0 Å². The average Bonchev–Trinajstić information content (AvgIpc) is 2.90. The summed E-state index contributed by atoms with van der Waals surface area (Å²) in [7, 11) is 0. The Morgan fingerprint density at radius 1 is 1.03 bits per heavy atom. The third kappa shape index (κ3) is 10.1. The van der Waals surface area contributed by atoms with Crippen molar-refractivity contribution in [1.29, 1.82) is 0 Å². The van der Waals surface area contributed by atoms with Crippen LogP contribution in [-0.4, -0.2) is 47.0 Å². The number of ketones is 1. The zero-order valence-corrected chi connectivity index (χ0v) is 24.1. The second kappa shape index (κ2) is 16.1. The van der Waals surface area contributed by atoms with E-state index in [9.17, 15) is 24.3 Å². The molecule has 0 radical (unpaired) electrons. The van der Waals surface area contributed by atoms with Crippen molar-refractivity contribution in [2.45, 2.75) is 66.0 Å². The predicted octanol–water partition coefficient (Wildman–Crippen LogP) is 4.87. The smallest absolute Gasteiger partial charge is 0.336 e. The SMILES string of the molecule is CCCCC(NCc1ccc(NC(=O)c2c(C)cccc2C(=O)O)cc1)C(=O)CNC(=O)C(CS)CC(C)C. The fourth-order valence-corrected chi connectivity index (χ4v) is 4.66. The number of carboxylic acids is 1. The molecule has 4 N–H and O–H groups in total. The summed E-state index contributed by atoms with van der Waals surface area (Å²) in [5.41, 5.74) is 2.11. The third-order valence-electron chi connectivity index (χ3n) is 6.51. The van der Waals surface area contributed by atoms with E-state index in [4.69, 9.17) is 0 Å². The minimum Gasteiger partial charge on any atom is -0.478 e. The van der Waals surface area contributed by atoms with E-state index in [-0.39, 0.29) is 41.3 Å². The van der Waals surface area contributed by atoms with Gasteiger partial charge in [-0.3, -0.25) is 14.4 Å². The number of aromatic carboxylic acids is 1. The van der Waals surface area contributed by atoms with Crippen molar-refractivity contribution in [3.8, 4) is 0 Å². The Bertz CT molecular complexity index is 1130. The summed E-state index contributed by atoms with van der Waals surface area (Å²) in [6.07, 6.45) is 3.23. The van der Waals surface area contributed by atoms with Crippen LogP contribution in [0.25, 0.3) is 0 Å². The molecule has 8 nitrogen and oxygen atoms in total. The van der Waals surface area contributed by atoms with E-state index in [2.05, 4.69) is 49.4 Å². The van der Waals surface area contributed by atoms with Crippen molar-refractivity contribution >= 4 is 41.9 Å². The Kier molecular flexibility index (Phi) is 13.2. The van der Waals surface area contributed by atoms with Crippen molar-refractivity contribution < 1.29 is 24.3 Å². The lowest BCUT2D eigenvalue weighted by atomic mass is 9.97. The normalized spacial score (nSPS) is 12.6. The molecule has 0 saturated heterocycles. The number of amides is 2. The number of nitrogens with one attached hydrogen (secondary N) is 3. The average molecular weight is 556 g/mol. The maximum Gasteiger partial charge on any atom is 0.336 e. The number of anilines is 1. The molecule has 0 spiro atoms. The Labute approximate surface area is 236 Å². The maximum atomic E-state index is 12.9. The van der Waals surface area contributed by atoms with Crippen LogP contribution in [0.3, 0.4) is 0 Å². The number of carbonyl (C=O) groups is 4. The summed E-state index contributed by atoms with van der Waals surface area (Å²) >= 11 is 4.29. The van der Waals surface area contributed by atoms with Gasteiger partial charge in [-0.15, -0.1) is 0 Å². The third-order valence-corrected chi connectivity index (χ3v) is 6.95. The molecule has 2 atom stereocenters. The van der Waals surface area contributed by atoms with Gasteiger partial charge in [0, 0.05) is 23.9 Å². The number of carbonyl (C=O) groups excluding carboxylic acids is 3. The first-order valence-corrected chi connectivity index (χ1v) is 14.1. The van der Waals surface area contributed by atoms with Crippen LogP contribution in [0.4, 0.5) is 5.69 Å². The maximum absolute atomic E-state index is 12.9. The molecular formula is C30H41N3O5S. The van der Waals surface area contributed by atoms with E-state index >= 15 is 0 Å². The van der Waals surface area contributed by atoms with Gasteiger partial charge >= 0.3 is 5.97 Å². The molecule has 0 fully saturated rings. The molecule has 0 aliphatic rings. The van der Waals surface area contributed by atoms with Crippen LogP contribution in [-0.2, 0) is 16.1 Å². The fourth-order valence-electron chi connectivity index (χ4n) is 4.35. The van der Waals surface area contributed by atoms with Crippen LogP contribution >= 0.6 is 12.6 Å². The molecule has 2 unspecified atom stereocenters. The lowest BCUT2D eigenvalue weighted by Gasteiger charge is -2.20. The highest BCUT2D eigenvalue weighted by Gasteiger charge is 2.22. The number of rotatable bonds is 16. The second-order valence-electron chi connectivity index (χ2n) is 10.2. The number of carboxylic acid groups (broad SMARTS) is 1. The predicted molar refractivity (Wildman–Crippen MR) is 158 cm³/mol. The summed E-state index contributed by atoms with van der Waals surface area (Å²) in [4.78, 5) is 49.8. The van der Waals surface area contributed by atoms with Gasteiger partial charge in [0.2, 0.25) is 5.91 Å². The second-order valence-corrected chi connectivity index (χ2v) is 10.6. The van der Waals surface area contributed by atoms with Crippen molar-refractivity contribution in [3.63, 3.8) is 0 Å². The van der Waals surface area contributed by atoms with E-state index in [0.717, 1.165) is 24.8 Å². The zero-order chi connectivity index (χ0) is 28.9. The molecule has 2 aromatic rings. The number of hydrogen-bond acceptors (Lipinski definition) is 6. The van der Waals surface area contributed by atoms with Gasteiger partial charge in [-0.1, -0.05) is 57.9 Å². The van der Waals surface area contributed by atoms with E-state index < -0.39 is 11.9 Å². The highest BCUT2D eigenvalue weighted by molar-refractivity contribution is 7.80. The molecule has 0 saturated carbocycles. The molecule has 0 aliphatic heterocycles. The minimum absolute atomic E-state index is 0.0230. The number of thiol groups is 1. The first kappa shape index (κ1) is 32.0. The van der Waals surface area contributed by atoms with Gasteiger partial charge < -0.3 is 21.1 Å². The molecule has 2 aromatic carbocycles. The molecule has 39 heavy (non-hydrogen) atoms. The zero-order valence-electron chi connectivity index (χ0n) is 23.3. The standard InChI is InChI=1S/C30H41N3O5S/c1-5-6-10-25(26(34)17-32-28(35)22(18-39)15-19(2)3)31-16-21-11-13-23(14-12-21)33-29(36)27-20(4)8-7-9-24(27)30(37)38/h7-9,11-14,19,22,25,31,39H,5-6,10,15-18H2,1-4H3,(H,32,35)(H,33,36)(H,37,38). The summed E-state index contributed by atoms with van der Waals surface area (Å²) in [5, 5.41) is 18.3. The summed E-state index contributed by atoms with van der Waals surface area (Å²) in [6.45, 7) is 8.29. The number of benzene rings is 2. The van der Waals surface area contributed by atoms with E-state index in [1.807, 2.05) is 12.1 Å². The highest BCUT2D eigenvalue weighted by atomic mass is 32.1. The van der Waals surface area contributed by atoms with Crippen LogP contribution in [0.15, 0.2) is 42.5 Å². The van der Waals surface area contributed by atoms with Crippen LogP contribution in [0.5, 0.6) is 0 Å². The fraction of sp³-hybridized carbons (Fsp3) is 0.467. The number of hydrogen-bond donors (Lipinski definition) is 5. The Balaban J connectivity index is 1.98. The summed E-state index contributed by atoms with van der Waals surface area (Å²) in [6, 6.07) is 11.5. The molecule has 2 rings (SSSR count). The Hall–Kier alpha value is -3.17. The van der Waals surface area contributed by atoms with Crippen molar-refractivity contribution in [3.05, 3.63) is 64.7 Å². The number of Topliss-reactive ketones (excluding diaryl/α,β-unsaturated/α-hetero) is 1. The monoisotopic (exact) mass is 555 g/mol. The van der Waals surface area contributed by atoms with Gasteiger partial charge in [0.25, 0.3) is 5.91 Å². The molecule has 0 aliphatic carbocycles. The first-order valence-electron chi connectivity index (χ1n) is 13.4. The van der Waals surface area contributed by atoms with Crippen LogP contribution in [0, 0.1) is 18.8 Å². The topological polar surface area (TPSA) is 125 Å². The number of aryl methyl sites for hydroxylation is 1. The molecule has 9 heteroatoms. The van der Waals surface area contributed by atoms with Crippen molar-refractivity contribution in [1.82, 2.24) is 10.6 Å². The Morgan fingerprint density at radius 2 is 1.72 bits per heavy atom. The van der Waals surface area contributed by atoms with Gasteiger partial charge in [-0.05, 0) is 55.0 Å².